The molecule has 0 N–H and O–H groups in total. The Balaban J connectivity index is 0.000000324. The first-order chi connectivity index (χ1) is 8.25. The maximum absolute atomic E-state index is 3.36. The second kappa shape index (κ2) is 7.58. The van der Waals surface area contributed by atoms with E-state index >= 15 is 0 Å². The van der Waals surface area contributed by atoms with E-state index in [4.69, 9.17) is 0 Å². The van der Waals surface area contributed by atoms with Crippen LogP contribution < -0.4 is 0 Å². The summed E-state index contributed by atoms with van der Waals surface area (Å²) in [5, 5.41) is 0. The summed E-state index contributed by atoms with van der Waals surface area (Å²) in [6.07, 6.45) is 6.72. The van der Waals surface area contributed by atoms with Crippen LogP contribution in [0, 0.1) is 24.0 Å². The van der Waals surface area contributed by atoms with Crippen LogP contribution in [0.2, 0.25) is 0 Å². The minimum absolute atomic E-state index is 0. The Hall–Kier alpha value is -0.157. The molecule has 0 saturated carbocycles. The molecule has 19 heavy (non-hydrogen) atoms. The van der Waals surface area contributed by atoms with Crippen LogP contribution in [-0.2, 0) is 26.2 Å². The summed E-state index contributed by atoms with van der Waals surface area (Å²) in [6.45, 7) is 17.3. The number of hydrogen-bond acceptors (Lipinski definition) is 0. The maximum atomic E-state index is 3.36. The van der Waals surface area contributed by atoms with Gasteiger partial charge in [0.05, 0.1) is 0 Å². The minimum atomic E-state index is 0. The number of hydrogen-bond donors (Lipinski definition) is 0. The van der Waals surface area contributed by atoms with Gasteiger partial charge in [-0.15, -0.1) is 13.8 Å². The fraction of sp³-hybridized carbons (Fsp3) is 0.556. The van der Waals surface area contributed by atoms with Crippen LogP contribution in [0.5, 0.6) is 0 Å². The Labute approximate surface area is 138 Å². The van der Waals surface area contributed by atoms with E-state index in [2.05, 4.69) is 67.5 Å². The zero-order chi connectivity index (χ0) is 14.0. The summed E-state index contributed by atoms with van der Waals surface area (Å²) < 4.78 is 0. The molecule has 0 bridgehead atoms. The molecule has 102 valence electrons. The van der Waals surface area contributed by atoms with E-state index in [-0.39, 0.29) is 26.2 Å². The normalized spacial score (nSPS) is 25.7. The molecular formula is C18H26Zr. The molecule has 2 aliphatic rings. The van der Waals surface area contributed by atoms with Crippen molar-refractivity contribution in [2.45, 2.75) is 55.4 Å². The second-order valence-electron chi connectivity index (χ2n) is 5.60. The predicted molar refractivity (Wildman–Crippen MR) is 79.9 cm³/mol. The molecule has 0 fully saturated rings. The molecule has 0 amide bonds. The van der Waals surface area contributed by atoms with Crippen molar-refractivity contribution in [3.63, 3.8) is 0 Å². The van der Waals surface area contributed by atoms with Gasteiger partial charge in [-0.3, -0.25) is 12.2 Å². The first-order valence-corrected chi connectivity index (χ1v) is 6.81. The van der Waals surface area contributed by atoms with E-state index in [0.29, 0.717) is 11.8 Å². The Morgan fingerprint density at radius 2 is 0.895 bits per heavy atom. The topological polar surface area (TPSA) is 0 Å². The summed E-state index contributed by atoms with van der Waals surface area (Å²) in [7, 11) is 0. The molecule has 0 aromatic carbocycles. The molecule has 2 aliphatic carbocycles. The summed E-state index contributed by atoms with van der Waals surface area (Å²) in [5.74, 6) is 1.12. The molecule has 0 aromatic heterocycles. The zero-order valence-electron chi connectivity index (χ0n) is 13.7. The second-order valence-corrected chi connectivity index (χ2v) is 5.60. The van der Waals surface area contributed by atoms with Crippen LogP contribution in [0.3, 0.4) is 0 Å². The van der Waals surface area contributed by atoms with Crippen molar-refractivity contribution in [3.8, 4) is 0 Å². The molecule has 0 saturated heterocycles. The van der Waals surface area contributed by atoms with Gasteiger partial charge in [-0.1, -0.05) is 53.4 Å². The van der Waals surface area contributed by atoms with Gasteiger partial charge in [0.25, 0.3) is 0 Å². The fourth-order valence-corrected chi connectivity index (χ4v) is 2.32. The molecule has 0 radical (unpaired) electrons. The summed E-state index contributed by atoms with van der Waals surface area (Å²) in [6, 6.07) is 0. The Morgan fingerprint density at radius 3 is 0.947 bits per heavy atom. The van der Waals surface area contributed by atoms with Crippen molar-refractivity contribution in [3.05, 3.63) is 45.6 Å². The van der Waals surface area contributed by atoms with Crippen molar-refractivity contribution in [2.24, 2.45) is 11.8 Å². The first kappa shape index (κ1) is 18.8. The van der Waals surface area contributed by atoms with Gasteiger partial charge >= 0.3 is 26.2 Å². The largest absolute Gasteiger partial charge is 2.00 e. The van der Waals surface area contributed by atoms with E-state index in [0.717, 1.165) is 0 Å². The molecule has 0 aliphatic heterocycles. The van der Waals surface area contributed by atoms with E-state index in [9.17, 15) is 0 Å². The van der Waals surface area contributed by atoms with Gasteiger partial charge in [-0.05, 0) is 0 Å². The summed E-state index contributed by atoms with van der Waals surface area (Å²) >= 11 is 0. The molecule has 2 atom stereocenters. The average molecular weight is 334 g/mol. The van der Waals surface area contributed by atoms with Gasteiger partial charge < -0.3 is 0 Å². The smallest absolute Gasteiger partial charge is 0.266 e. The van der Waals surface area contributed by atoms with Crippen molar-refractivity contribution in [1.82, 2.24) is 0 Å². The average Bonchev–Trinajstić information content (AvgIpc) is 2.66. The van der Waals surface area contributed by atoms with Crippen LogP contribution in [-0.4, -0.2) is 0 Å². The predicted octanol–water partition coefficient (Wildman–Crippen LogP) is 5.44. The molecule has 0 spiro atoms. The van der Waals surface area contributed by atoms with E-state index in [1.807, 2.05) is 0 Å². The van der Waals surface area contributed by atoms with Crippen LogP contribution >= 0.6 is 0 Å². The van der Waals surface area contributed by atoms with Crippen molar-refractivity contribution < 1.29 is 26.2 Å². The van der Waals surface area contributed by atoms with Crippen LogP contribution in [0.1, 0.15) is 55.4 Å². The van der Waals surface area contributed by atoms with E-state index < -0.39 is 0 Å². The summed E-state index contributed by atoms with van der Waals surface area (Å²) in [4.78, 5) is 0. The van der Waals surface area contributed by atoms with Crippen molar-refractivity contribution in [2.75, 3.05) is 0 Å². The quantitative estimate of drug-likeness (QED) is 0.518. The number of allylic oxidation sites excluding steroid dienone is 8. The van der Waals surface area contributed by atoms with Crippen molar-refractivity contribution >= 4 is 0 Å². The first-order valence-electron chi connectivity index (χ1n) is 6.81. The van der Waals surface area contributed by atoms with Gasteiger partial charge in [0.2, 0.25) is 0 Å². The zero-order valence-corrected chi connectivity index (χ0v) is 16.1. The molecule has 1 heteroatoms. The Kier molecular flexibility index (Phi) is 7.52. The molecule has 2 unspecified atom stereocenters. The third-order valence-corrected chi connectivity index (χ3v) is 4.47. The SMILES string of the molecule is CC1=[C-]C(C)C(C)=C1C.CC1=[C-]C(C)C(C)=C1C.[Zr+2]. The van der Waals surface area contributed by atoms with E-state index in [1.54, 1.807) is 0 Å². The van der Waals surface area contributed by atoms with Crippen LogP contribution in [0.4, 0.5) is 0 Å². The molecule has 0 heterocycles. The van der Waals surface area contributed by atoms with Gasteiger partial charge in [-0.25, -0.2) is 11.1 Å². The van der Waals surface area contributed by atoms with Gasteiger partial charge in [0.1, 0.15) is 0 Å². The third-order valence-electron chi connectivity index (χ3n) is 4.47. The van der Waals surface area contributed by atoms with Gasteiger partial charge in [-0.2, -0.15) is 22.3 Å². The third kappa shape index (κ3) is 4.42. The molecule has 2 rings (SSSR count). The number of rotatable bonds is 0. The Morgan fingerprint density at radius 1 is 0.632 bits per heavy atom. The fourth-order valence-electron chi connectivity index (χ4n) is 2.32. The van der Waals surface area contributed by atoms with Gasteiger partial charge in [0, 0.05) is 0 Å². The van der Waals surface area contributed by atoms with Crippen LogP contribution in [0.15, 0.2) is 33.4 Å². The van der Waals surface area contributed by atoms with Gasteiger partial charge in [0.15, 0.2) is 0 Å². The minimum Gasteiger partial charge on any atom is -0.266 e. The summed E-state index contributed by atoms with van der Waals surface area (Å²) in [5.41, 5.74) is 8.49. The van der Waals surface area contributed by atoms with E-state index in [1.165, 1.54) is 33.4 Å². The maximum Gasteiger partial charge on any atom is 2.00 e. The molecule has 0 aromatic rings. The van der Waals surface area contributed by atoms with Crippen molar-refractivity contribution in [1.29, 1.82) is 0 Å². The molecule has 0 nitrogen and oxygen atoms in total. The van der Waals surface area contributed by atoms with Crippen LogP contribution in [0.25, 0.3) is 0 Å². The standard InChI is InChI=1S/2C9H13.Zr/c2*1-6-5-7(2)9(4)8(6)3;/h2*6H,1-4H3;/q2*-1;+2. The molecular weight excluding hydrogens is 307 g/mol. The Bertz CT molecular complexity index is 414. The monoisotopic (exact) mass is 332 g/mol.